The molecule has 3 heteroatoms. The Hall–Kier alpha value is -0.120. The predicted molar refractivity (Wildman–Crippen MR) is 50.3 cm³/mol. The van der Waals surface area contributed by atoms with E-state index in [1.807, 2.05) is 0 Å². The lowest BCUT2D eigenvalue weighted by atomic mass is 10.1. The monoisotopic (exact) mass is 169 g/mol. The first kappa shape index (κ1) is 8.48. The summed E-state index contributed by atoms with van der Waals surface area (Å²) < 4.78 is 0. The van der Waals surface area contributed by atoms with E-state index in [2.05, 4.69) is 22.2 Å². The third-order valence-electron chi connectivity index (χ3n) is 3.04. The molecule has 2 heterocycles. The van der Waals surface area contributed by atoms with Crippen LogP contribution in [0.15, 0.2) is 0 Å². The van der Waals surface area contributed by atoms with Crippen LogP contribution in [0.2, 0.25) is 0 Å². The van der Waals surface area contributed by atoms with Crippen molar-refractivity contribution in [3.63, 3.8) is 0 Å². The first-order valence-electron chi connectivity index (χ1n) is 4.99. The van der Waals surface area contributed by atoms with Crippen molar-refractivity contribution < 1.29 is 0 Å². The number of nitrogens with one attached hydrogen (secondary N) is 1. The summed E-state index contributed by atoms with van der Waals surface area (Å²) >= 11 is 0. The Kier molecular flexibility index (Phi) is 2.63. The zero-order valence-corrected chi connectivity index (χ0v) is 7.92. The zero-order chi connectivity index (χ0) is 8.39. The number of piperazine rings is 1. The van der Waals surface area contributed by atoms with Crippen LogP contribution in [0.5, 0.6) is 0 Å². The molecule has 0 aliphatic carbocycles. The van der Waals surface area contributed by atoms with Gasteiger partial charge in [0.1, 0.15) is 0 Å². The smallest absolute Gasteiger partial charge is 0.0236 e. The van der Waals surface area contributed by atoms with Gasteiger partial charge in [0.25, 0.3) is 0 Å². The first-order chi connectivity index (χ1) is 5.86. The second-order valence-corrected chi connectivity index (χ2v) is 3.99. The van der Waals surface area contributed by atoms with E-state index in [9.17, 15) is 0 Å². The van der Waals surface area contributed by atoms with Crippen molar-refractivity contribution in [2.24, 2.45) is 0 Å². The minimum Gasteiger partial charge on any atom is -0.315 e. The van der Waals surface area contributed by atoms with Gasteiger partial charge in [0.15, 0.2) is 0 Å². The fourth-order valence-electron chi connectivity index (χ4n) is 2.23. The van der Waals surface area contributed by atoms with E-state index < -0.39 is 0 Å². The van der Waals surface area contributed by atoms with Gasteiger partial charge in [0, 0.05) is 38.8 Å². The Balaban J connectivity index is 1.94. The Morgan fingerprint density at radius 3 is 3.00 bits per heavy atom. The molecule has 2 fully saturated rings. The molecule has 0 aromatic carbocycles. The van der Waals surface area contributed by atoms with Gasteiger partial charge in [-0.1, -0.05) is 0 Å². The molecule has 12 heavy (non-hydrogen) atoms. The molecular weight excluding hydrogens is 150 g/mol. The highest BCUT2D eigenvalue weighted by molar-refractivity contribution is 4.83. The molecule has 70 valence electrons. The average molecular weight is 169 g/mol. The SMILES string of the molecule is CN1CCN2CCNCCC2C1. The van der Waals surface area contributed by atoms with Crippen LogP contribution in [0.1, 0.15) is 6.42 Å². The lowest BCUT2D eigenvalue weighted by Crippen LogP contribution is -2.51. The van der Waals surface area contributed by atoms with Gasteiger partial charge in [-0.2, -0.15) is 0 Å². The highest BCUT2D eigenvalue weighted by atomic mass is 15.3. The van der Waals surface area contributed by atoms with Crippen LogP contribution < -0.4 is 5.32 Å². The van der Waals surface area contributed by atoms with Gasteiger partial charge in [-0.15, -0.1) is 0 Å². The lowest BCUT2D eigenvalue weighted by Gasteiger charge is -2.38. The fourth-order valence-corrected chi connectivity index (χ4v) is 2.23. The third-order valence-corrected chi connectivity index (χ3v) is 3.04. The topological polar surface area (TPSA) is 18.5 Å². The predicted octanol–water partition coefficient (Wildman–Crippen LogP) is -0.404. The van der Waals surface area contributed by atoms with E-state index in [1.54, 1.807) is 0 Å². The number of hydrogen-bond donors (Lipinski definition) is 1. The standard InChI is InChI=1S/C9H19N3/c1-11-6-7-12-5-4-10-3-2-9(12)8-11/h9-10H,2-8H2,1H3. The summed E-state index contributed by atoms with van der Waals surface area (Å²) in [6.07, 6.45) is 1.32. The van der Waals surface area contributed by atoms with E-state index in [-0.39, 0.29) is 0 Å². The second kappa shape index (κ2) is 3.73. The summed E-state index contributed by atoms with van der Waals surface area (Å²) in [5.74, 6) is 0. The first-order valence-corrected chi connectivity index (χ1v) is 4.99. The van der Waals surface area contributed by atoms with Crippen molar-refractivity contribution >= 4 is 0 Å². The Labute approximate surface area is 74.7 Å². The number of hydrogen-bond acceptors (Lipinski definition) is 3. The van der Waals surface area contributed by atoms with Crippen molar-refractivity contribution in [2.75, 3.05) is 46.3 Å². The highest BCUT2D eigenvalue weighted by Gasteiger charge is 2.25. The Morgan fingerprint density at radius 2 is 2.08 bits per heavy atom. The van der Waals surface area contributed by atoms with Crippen LogP contribution in [-0.4, -0.2) is 62.2 Å². The lowest BCUT2D eigenvalue weighted by molar-refractivity contribution is 0.0961. The molecule has 2 saturated heterocycles. The minimum atomic E-state index is 0.818. The summed E-state index contributed by atoms with van der Waals surface area (Å²) in [4.78, 5) is 5.09. The van der Waals surface area contributed by atoms with E-state index in [0.717, 1.165) is 6.04 Å². The summed E-state index contributed by atoms with van der Waals surface area (Å²) in [6.45, 7) is 7.41. The molecule has 0 radical (unpaired) electrons. The van der Waals surface area contributed by atoms with Gasteiger partial charge >= 0.3 is 0 Å². The number of fused-ring (bicyclic) bond motifs is 1. The number of rotatable bonds is 0. The van der Waals surface area contributed by atoms with Gasteiger partial charge in [0.05, 0.1) is 0 Å². The average Bonchev–Trinajstić information content (AvgIpc) is 2.28. The van der Waals surface area contributed by atoms with Gasteiger partial charge in [-0.25, -0.2) is 0 Å². The van der Waals surface area contributed by atoms with Gasteiger partial charge in [0.2, 0.25) is 0 Å². The molecule has 0 saturated carbocycles. The molecule has 0 amide bonds. The number of likely N-dealkylation sites (N-methyl/N-ethyl adjacent to an activating group) is 1. The van der Waals surface area contributed by atoms with E-state index >= 15 is 0 Å². The fraction of sp³-hybridized carbons (Fsp3) is 1.00. The minimum absolute atomic E-state index is 0.818. The Bertz CT molecular complexity index is 149. The highest BCUT2D eigenvalue weighted by Crippen LogP contribution is 2.12. The van der Waals surface area contributed by atoms with Gasteiger partial charge < -0.3 is 10.2 Å². The Morgan fingerprint density at radius 1 is 1.17 bits per heavy atom. The van der Waals surface area contributed by atoms with Crippen LogP contribution in [0.3, 0.4) is 0 Å². The molecule has 3 nitrogen and oxygen atoms in total. The van der Waals surface area contributed by atoms with E-state index in [1.165, 1.54) is 45.7 Å². The number of nitrogens with zero attached hydrogens (tertiary/aromatic N) is 2. The van der Waals surface area contributed by atoms with Crippen molar-refractivity contribution in [3.05, 3.63) is 0 Å². The van der Waals surface area contributed by atoms with Crippen LogP contribution in [-0.2, 0) is 0 Å². The van der Waals surface area contributed by atoms with E-state index in [4.69, 9.17) is 0 Å². The van der Waals surface area contributed by atoms with Crippen molar-refractivity contribution in [1.82, 2.24) is 15.1 Å². The summed E-state index contributed by atoms with van der Waals surface area (Å²) in [5, 5.41) is 3.46. The summed E-state index contributed by atoms with van der Waals surface area (Å²) in [7, 11) is 2.23. The molecule has 1 unspecified atom stereocenters. The maximum absolute atomic E-state index is 3.46. The van der Waals surface area contributed by atoms with Gasteiger partial charge in [-0.05, 0) is 20.0 Å². The molecule has 1 atom stereocenters. The molecular formula is C9H19N3. The largest absolute Gasteiger partial charge is 0.315 e. The molecule has 2 aliphatic heterocycles. The van der Waals surface area contributed by atoms with Crippen LogP contribution in [0.4, 0.5) is 0 Å². The second-order valence-electron chi connectivity index (χ2n) is 3.99. The van der Waals surface area contributed by atoms with Crippen LogP contribution in [0, 0.1) is 0 Å². The zero-order valence-electron chi connectivity index (χ0n) is 7.92. The summed E-state index contributed by atoms with van der Waals surface area (Å²) in [6, 6.07) is 0.818. The van der Waals surface area contributed by atoms with Crippen LogP contribution in [0.25, 0.3) is 0 Å². The molecule has 1 N–H and O–H groups in total. The third kappa shape index (κ3) is 1.79. The maximum Gasteiger partial charge on any atom is 0.0236 e. The summed E-state index contributed by atoms with van der Waals surface area (Å²) in [5.41, 5.74) is 0. The molecule has 0 spiro atoms. The molecule has 2 rings (SSSR count). The van der Waals surface area contributed by atoms with Crippen molar-refractivity contribution in [3.8, 4) is 0 Å². The molecule has 0 aromatic rings. The van der Waals surface area contributed by atoms with Crippen molar-refractivity contribution in [2.45, 2.75) is 12.5 Å². The van der Waals surface area contributed by atoms with E-state index in [0.29, 0.717) is 0 Å². The molecule has 0 bridgehead atoms. The molecule has 2 aliphatic rings. The van der Waals surface area contributed by atoms with Gasteiger partial charge in [-0.3, -0.25) is 4.90 Å². The molecule has 0 aromatic heterocycles. The van der Waals surface area contributed by atoms with Crippen molar-refractivity contribution in [1.29, 1.82) is 0 Å². The maximum atomic E-state index is 3.46. The normalized spacial score (nSPS) is 34.2. The quantitative estimate of drug-likeness (QED) is 0.532. The van der Waals surface area contributed by atoms with Crippen LogP contribution >= 0.6 is 0 Å².